The van der Waals surface area contributed by atoms with E-state index in [4.69, 9.17) is 5.73 Å². The summed E-state index contributed by atoms with van der Waals surface area (Å²) in [4.78, 5) is 0. The summed E-state index contributed by atoms with van der Waals surface area (Å²) < 4.78 is 0. The van der Waals surface area contributed by atoms with Crippen LogP contribution >= 0.6 is 0 Å². The molecular weight excluding hydrogens is 234 g/mol. The first kappa shape index (κ1) is 14.5. The Kier molecular flexibility index (Phi) is 4.32. The van der Waals surface area contributed by atoms with Gasteiger partial charge in [0.1, 0.15) is 0 Å². The van der Waals surface area contributed by atoms with Gasteiger partial charge in [0.05, 0.1) is 5.60 Å². The summed E-state index contributed by atoms with van der Waals surface area (Å²) in [5, 5.41) is 10.5. The van der Waals surface area contributed by atoms with Crippen molar-refractivity contribution in [3.05, 3.63) is 35.9 Å². The Morgan fingerprint density at radius 2 is 1.79 bits per heavy atom. The molecule has 106 valence electrons. The normalized spacial score (nSPS) is 19.8. The van der Waals surface area contributed by atoms with Gasteiger partial charge in [0.15, 0.2) is 0 Å². The van der Waals surface area contributed by atoms with Crippen LogP contribution in [0.1, 0.15) is 57.9 Å². The second kappa shape index (κ2) is 5.64. The molecule has 0 aromatic heterocycles. The summed E-state index contributed by atoms with van der Waals surface area (Å²) in [5.41, 5.74) is 7.37. The molecule has 0 amide bonds. The smallest absolute Gasteiger partial charge is 0.0657 e. The van der Waals surface area contributed by atoms with Gasteiger partial charge in [-0.1, -0.05) is 50.6 Å². The van der Waals surface area contributed by atoms with Crippen LogP contribution in [-0.4, -0.2) is 16.7 Å². The van der Waals surface area contributed by atoms with Crippen molar-refractivity contribution < 1.29 is 5.11 Å². The van der Waals surface area contributed by atoms with Crippen molar-refractivity contribution in [2.24, 2.45) is 5.73 Å². The molecule has 0 heterocycles. The lowest BCUT2D eigenvalue weighted by atomic mass is 9.58. The van der Waals surface area contributed by atoms with Crippen LogP contribution in [-0.2, 0) is 5.41 Å². The zero-order valence-corrected chi connectivity index (χ0v) is 12.2. The number of aliphatic hydroxyl groups is 1. The SMILES string of the molecule is CCC(O)(CC)CC(N)C1(c2ccccc2)CCC1. The first-order valence-corrected chi connectivity index (χ1v) is 7.60. The lowest BCUT2D eigenvalue weighted by Crippen LogP contribution is -2.53. The number of nitrogens with two attached hydrogens (primary N) is 1. The maximum atomic E-state index is 10.5. The predicted molar refractivity (Wildman–Crippen MR) is 80.1 cm³/mol. The van der Waals surface area contributed by atoms with Crippen molar-refractivity contribution in [2.45, 2.75) is 69.4 Å². The maximum absolute atomic E-state index is 10.5. The van der Waals surface area contributed by atoms with E-state index >= 15 is 0 Å². The summed E-state index contributed by atoms with van der Waals surface area (Å²) in [6.45, 7) is 4.10. The molecule has 2 heteroatoms. The van der Waals surface area contributed by atoms with Gasteiger partial charge in [-0.2, -0.15) is 0 Å². The van der Waals surface area contributed by atoms with Crippen LogP contribution in [0.5, 0.6) is 0 Å². The number of benzene rings is 1. The van der Waals surface area contributed by atoms with E-state index in [1.807, 2.05) is 13.8 Å². The lowest BCUT2D eigenvalue weighted by molar-refractivity contribution is 0.00149. The highest BCUT2D eigenvalue weighted by molar-refractivity contribution is 5.30. The summed E-state index contributed by atoms with van der Waals surface area (Å²) in [5.74, 6) is 0. The van der Waals surface area contributed by atoms with Crippen LogP contribution < -0.4 is 5.73 Å². The Morgan fingerprint density at radius 3 is 2.21 bits per heavy atom. The Morgan fingerprint density at radius 1 is 1.21 bits per heavy atom. The van der Waals surface area contributed by atoms with Crippen molar-refractivity contribution in [1.82, 2.24) is 0 Å². The average Bonchev–Trinajstić information content (AvgIpc) is 2.38. The molecule has 1 saturated carbocycles. The van der Waals surface area contributed by atoms with Gasteiger partial charge in [-0.05, 0) is 37.7 Å². The summed E-state index contributed by atoms with van der Waals surface area (Å²) in [6.07, 6.45) is 5.82. The van der Waals surface area contributed by atoms with Crippen LogP contribution in [0.15, 0.2) is 30.3 Å². The second-order valence-electron chi connectivity index (χ2n) is 6.12. The molecule has 19 heavy (non-hydrogen) atoms. The molecule has 0 saturated heterocycles. The monoisotopic (exact) mass is 261 g/mol. The molecule has 1 atom stereocenters. The molecule has 1 fully saturated rings. The Labute approximate surface area is 117 Å². The molecule has 1 aliphatic rings. The highest BCUT2D eigenvalue weighted by Gasteiger charge is 2.45. The van der Waals surface area contributed by atoms with Crippen LogP contribution in [0.4, 0.5) is 0 Å². The fourth-order valence-electron chi connectivity index (χ4n) is 3.34. The molecule has 0 bridgehead atoms. The van der Waals surface area contributed by atoms with Gasteiger partial charge in [0, 0.05) is 11.5 Å². The van der Waals surface area contributed by atoms with Gasteiger partial charge in [-0.25, -0.2) is 0 Å². The van der Waals surface area contributed by atoms with E-state index in [1.54, 1.807) is 0 Å². The minimum absolute atomic E-state index is 0.0496. The van der Waals surface area contributed by atoms with Crippen LogP contribution in [0, 0.1) is 0 Å². The first-order valence-electron chi connectivity index (χ1n) is 7.60. The van der Waals surface area contributed by atoms with E-state index < -0.39 is 5.60 Å². The molecular formula is C17H27NO. The average molecular weight is 261 g/mol. The van der Waals surface area contributed by atoms with Crippen molar-refractivity contribution in [3.8, 4) is 0 Å². The summed E-state index contributed by atoms with van der Waals surface area (Å²) in [7, 11) is 0. The van der Waals surface area contributed by atoms with Crippen LogP contribution in [0.2, 0.25) is 0 Å². The van der Waals surface area contributed by atoms with Crippen molar-refractivity contribution in [2.75, 3.05) is 0 Å². The largest absolute Gasteiger partial charge is 0.390 e. The number of rotatable bonds is 6. The van der Waals surface area contributed by atoms with Gasteiger partial charge in [0.2, 0.25) is 0 Å². The van der Waals surface area contributed by atoms with Gasteiger partial charge in [-0.15, -0.1) is 0 Å². The molecule has 1 unspecified atom stereocenters. The number of hydrogen-bond donors (Lipinski definition) is 2. The van der Waals surface area contributed by atoms with Gasteiger partial charge >= 0.3 is 0 Å². The molecule has 0 spiro atoms. The first-order chi connectivity index (χ1) is 9.06. The van der Waals surface area contributed by atoms with E-state index in [9.17, 15) is 5.11 Å². The third-order valence-corrected chi connectivity index (χ3v) is 5.22. The van der Waals surface area contributed by atoms with Crippen molar-refractivity contribution >= 4 is 0 Å². The molecule has 3 N–H and O–H groups in total. The molecule has 2 rings (SSSR count). The van der Waals surface area contributed by atoms with Crippen molar-refractivity contribution in [3.63, 3.8) is 0 Å². The Hall–Kier alpha value is -0.860. The molecule has 2 nitrogen and oxygen atoms in total. The fraction of sp³-hybridized carbons (Fsp3) is 0.647. The Balaban J connectivity index is 2.18. The molecule has 0 radical (unpaired) electrons. The Bertz CT molecular complexity index is 393. The van der Waals surface area contributed by atoms with Gasteiger partial charge in [0.25, 0.3) is 0 Å². The fourth-order valence-corrected chi connectivity index (χ4v) is 3.34. The second-order valence-corrected chi connectivity index (χ2v) is 6.12. The van der Waals surface area contributed by atoms with E-state index in [-0.39, 0.29) is 11.5 Å². The van der Waals surface area contributed by atoms with Crippen molar-refractivity contribution in [1.29, 1.82) is 0 Å². The van der Waals surface area contributed by atoms with E-state index in [2.05, 4.69) is 30.3 Å². The topological polar surface area (TPSA) is 46.2 Å². The standard InChI is InChI=1S/C17H27NO/c1-3-16(19,4-2)13-15(18)17(11-8-12-17)14-9-6-5-7-10-14/h5-7,9-10,15,19H,3-4,8,11-13,18H2,1-2H3. The minimum Gasteiger partial charge on any atom is -0.390 e. The van der Waals surface area contributed by atoms with Gasteiger partial charge < -0.3 is 10.8 Å². The van der Waals surface area contributed by atoms with E-state index in [1.165, 1.54) is 12.0 Å². The third-order valence-electron chi connectivity index (χ3n) is 5.22. The summed E-state index contributed by atoms with van der Waals surface area (Å²) in [6, 6.07) is 10.7. The van der Waals surface area contributed by atoms with E-state index in [0.29, 0.717) is 6.42 Å². The predicted octanol–water partition coefficient (Wildman–Crippen LogP) is 3.38. The lowest BCUT2D eigenvalue weighted by Gasteiger charge is -2.49. The zero-order valence-electron chi connectivity index (χ0n) is 12.2. The molecule has 1 aliphatic carbocycles. The molecule has 1 aromatic carbocycles. The van der Waals surface area contributed by atoms with Crippen LogP contribution in [0.3, 0.4) is 0 Å². The quantitative estimate of drug-likeness (QED) is 0.824. The summed E-state index contributed by atoms with van der Waals surface area (Å²) >= 11 is 0. The molecule has 0 aliphatic heterocycles. The van der Waals surface area contributed by atoms with Gasteiger partial charge in [-0.3, -0.25) is 0 Å². The minimum atomic E-state index is -0.600. The highest BCUT2D eigenvalue weighted by Crippen LogP contribution is 2.47. The van der Waals surface area contributed by atoms with Crippen LogP contribution in [0.25, 0.3) is 0 Å². The number of hydrogen-bond acceptors (Lipinski definition) is 2. The van der Waals surface area contributed by atoms with E-state index in [0.717, 1.165) is 25.7 Å². The highest BCUT2D eigenvalue weighted by atomic mass is 16.3. The molecule has 1 aromatic rings. The zero-order chi connectivity index (χ0) is 13.9. The maximum Gasteiger partial charge on any atom is 0.0657 e. The third kappa shape index (κ3) is 2.70.